The van der Waals surface area contributed by atoms with Gasteiger partial charge in [-0.25, -0.2) is 4.79 Å². The summed E-state index contributed by atoms with van der Waals surface area (Å²) in [5, 5.41) is 0.983. The van der Waals surface area contributed by atoms with Crippen LogP contribution in [0.15, 0.2) is 52.9 Å². The first-order valence-corrected chi connectivity index (χ1v) is 6.84. The number of hydrogen-bond acceptors (Lipinski definition) is 5. The minimum Gasteiger partial charge on any atom is -0.457 e. The van der Waals surface area contributed by atoms with Gasteiger partial charge in [-0.3, -0.25) is 0 Å². The van der Waals surface area contributed by atoms with Gasteiger partial charge in [-0.05, 0) is 30.3 Å². The molecule has 1 aliphatic rings. The Hall–Kier alpha value is -2.95. The van der Waals surface area contributed by atoms with E-state index >= 15 is 0 Å². The van der Waals surface area contributed by atoms with Crippen molar-refractivity contribution < 1.29 is 23.4 Å². The number of ether oxygens (including phenoxy) is 3. The second kappa shape index (κ2) is 5.11. The smallest absolute Gasteiger partial charge is 0.338 e. The molecule has 0 spiro atoms. The Kier molecular flexibility index (Phi) is 2.96. The monoisotopic (exact) mass is 296 g/mol. The fourth-order valence-corrected chi connectivity index (χ4v) is 2.35. The molecule has 2 heterocycles. The van der Waals surface area contributed by atoms with Crippen LogP contribution in [0.5, 0.6) is 11.5 Å². The Balaban J connectivity index is 1.47. The van der Waals surface area contributed by atoms with E-state index in [1.165, 1.54) is 0 Å². The largest absolute Gasteiger partial charge is 0.457 e. The lowest BCUT2D eigenvalue weighted by atomic mass is 10.2. The van der Waals surface area contributed by atoms with Gasteiger partial charge in [0.05, 0.1) is 5.56 Å². The molecule has 0 bridgehead atoms. The van der Waals surface area contributed by atoms with Gasteiger partial charge in [0.2, 0.25) is 6.79 Å². The number of rotatable bonds is 3. The van der Waals surface area contributed by atoms with E-state index in [1.807, 2.05) is 30.3 Å². The molecule has 0 unspecified atom stereocenters. The van der Waals surface area contributed by atoms with Gasteiger partial charge >= 0.3 is 5.97 Å². The number of para-hydroxylation sites is 1. The molecular formula is C17H12O5. The van der Waals surface area contributed by atoms with Crippen LogP contribution < -0.4 is 9.47 Å². The molecule has 22 heavy (non-hydrogen) atoms. The van der Waals surface area contributed by atoms with Crippen molar-refractivity contribution in [2.45, 2.75) is 6.61 Å². The third kappa shape index (κ3) is 2.26. The molecule has 3 aromatic rings. The Morgan fingerprint density at radius 2 is 1.91 bits per heavy atom. The molecule has 5 nitrogen and oxygen atoms in total. The molecule has 0 aliphatic carbocycles. The van der Waals surface area contributed by atoms with Crippen molar-refractivity contribution in [3.63, 3.8) is 0 Å². The normalized spacial score (nSPS) is 12.5. The van der Waals surface area contributed by atoms with Crippen LogP contribution in [0.4, 0.5) is 0 Å². The van der Waals surface area contributed by atoms with Crippen LogP contribution in [0.3, 0.4) is 0 Å². The number of furan rings is 1. The number of benzene rings is 2. The van der Waals surface area contributed by atoms with Crippen molar-refractivity contribution in [3.05, 3.63) is 59.9 Å². The van der Waals surface area contributed by atoms with Gasteiger partial charge in [-0.1, -0.05) is 18.2 Å². The molecule has 1 aliphatic heterocycles. The molecule has 1 aromatic heterocycles. The maximum absolute atomic E-state index is 12.1. The average molecular weight is 296 g/mol. The Morgan fingerprint density at radius 1 is 1.05 bits per heavy atom. The number of hydrogen-bond donors (Lipinski definition) is 0. The van der Waals surface area contributed by atoms with Crippen molar-refractivity contribution in [2.24, 2.45) is 0 Å². The predicted molar refractivity (Wildman–Crippen MR) is 77.9 cm³/mol. The highest BCUT2D eigenvalue weighted by Crippen LogP contribution is 2.32. The molecule has 5 heteroatoms. The van der Waals surface area contributed by atoms with Crippen molar-refractivity contribution in [1.82, 2.24) is 0 Å². The second-order valence-corrected chi connectivity index (χ2v) is 4.89. The van der Waals surface area contributed by atoms with Crippen molar-refractivity contribution in [1.29, 1.82) is 0 Å². The minimum absolute atomic E-state index is 0.0853. The summed E-state index contributed by atoms with van der Waals surface area (Å²) < 4.78 is 21.3. The summed E-state index contributed by atoms with van der Waals surface area (Å²) in [5.41, 5.74) is 1.19. The van der Waals surface area contributed by atoms with Crippen LogP contribution in [-0.4, -0.2) is 12.8 Å². The van der Waals surface area contributed by atoms with E-state index in [9.17, 15) is 4.79 Å². The van der Waals surface area contributed by atoms with Crippen LogP contribution in [0, 0.1) is 0 Å². The highest BCUT2D eigenvalue weighted by Gasteiger charge is 2.17. The lowest BCUT2D eigenvalue weighted by molar-refractivity contribution is 0.0447. The van der Waals surface area contributed by atoms with Gasteiger partial charge in [0.1, 0.15) is 18.0 Å². The van der Waals surface area contributed by atoms with E-state index in [2.05, 4.69) is 0 Å². The van der Waals surface area contributed by atoms with Crippen LogP contribution in [0.25, 0.3) is 11.0 Å². The highest BCUT2D eigenvalue weighted by molar-refractivity contribution is 5.90. The standard InChI is InChI=1S/C17H12O5/c18-17(12-5-6-15-16(8-12)21-10-20-15)19-9-13-7-11-3-1-2-4-14(11)22-13/h1-8H,9-10H2. The predicted octanol–water partition coefficient (Wildman–Crippen LogP) is 3.52. The molecule has 0 saturated carbocycles. The fourth-order valence-electron chi connectivity index (χ4n) is 2.35. The van der Waals surface area contributed by atoms with Crippen LogP contribution in [0.1, 0.15) is 16.1 Å². The maximum atomic E-state index is 12.1. The third-order valence-electron chi connectivity index (χ3n) is 3.43. The van der Waals surface area contributed by atoms with E-state index in [0.717, 1.165) is 11.0 Å². The molecule has 0 fully saturated rings. The van der Waals surface area contributed by atoms with Crippen LogP contribution in [0.2, 0.25) is 0 Å². The maximum Gasteiger partial charge on any atom is 0.338 e. The molecule has 2 aromatic carbocycles. The van der Waals surface area contributed by atoms with E-state index in [0.29, 0.717) is 22.8 Å². The summed E-state index contributed by atoms with van der Waals surface area (Å²) in [6.45, 7) is 0.259. The SMILES string of the molecule is O=C(OCc1cc2ccccc2o1)c1ccc2c(c1)OCO2. The summed E-state index contributed by atoms with van der Waals surface area (Å²) in [6.07, 6.45) is 0. The zero-order chi connectivity index (χ0) is 14.9. The van der Waals surface area contributed by atoms with Crippen molar-refractivity contribution in [3.8, 4) is 11.5 Å². The van der Waals surface area contributed by atoms with E-state index in [4.69, 9.17) is 18.6 Å². The number of carbonyl (C=O) groups is 1. The summed E-state index contributed by atoms with van der Waals surface area (Å²) in [5.74, 6) is 1.36. The molecule has 0 saturated heterocycles. The summed E-state index contributed by atoms with van der Waals surface area (Å²) in [7, 11) is 0. The summed E-state index contributed by atoms with van der Waals surface area (Å²) >= 11 is 0. The van der Waals surface area contributed by atoms with Crippen LogP contribution in [-0.2, 0) is 11.3 Å². The summed E-state index contributed by atoms with van der Waals surface area (Å²) in [4.78, 5) is 12.1. The average Bonchev–Trinajstić information content (AvgIpc) is 3.17. The molecule has 0 amide bonds. The summed E-state index contributed by atoms with van der Waals surface area (Å²) in [6, 6.07) is 14.5. The minimum atomic E-state index is -0.432. The zero-order valence-corrected chi connectivity index (χ0v) is 11.6. The van der Waals surface area contributed by atoms with Crippen LogP contribution >= 0.6 is 0 Å². The lowest BCUT2D eigenvalue weighted by Crippen LogP contribution is -2.04. The lowest BCUT2D eigenvalue weighted by Gasteiger charge is -2.03. The molecule has 0 N–H and O–H groups in total. The first kappa shape index (κ1) is 12.8. The first-order valence-electron chi connectivity index (χ1n) is 6.84. The van der Waals surface area contributed by atoms with E-state index in [-0.39, 0.29) is 13.4 Å². The molecule has 0 atom stereocenters. The Labute approximate surface area is 126 Å². The number of carbonyl (C=O) groups excluding carboxylic acids is 1. The number of fused-ring (bicyclic) bond motifs is 2. The van der Waals surface area contributed by atoms with E-state index in [1.54, 1.807) is 18.2 Å². The second-order valence-electron chi connectivity index (χ2n) is 4.89. The van der Waals surface area contributed by atoms with Crippen molar-refractivity contribution >= 4 is 16.9 Å². The molecule has 4 rings (SSSR count). The molecular weight excluding hydrogens is 284 g/mol. The third-order valence-corrected chi connectivity index (χ3v) is 3.43. The van der Waals surface area contributed by atoms with E-state index < -0.39 is 5.97 Å². The topological polar surface area (TPSA) is 57.9 Å². The number of esters is 1. The fraction of sp³-hybridized carbons (Fsp3) is 0.118. The van der Waals surface area contributed by atoms with Crippen molar-refractivity contribution in [2.75, 3.05) is 6.79 Å². The Bertz CT molecular complexity index is 816. The van der Waals surface area contributed by atoms with Gasteiger partial charge in [0.15, 0.2) is 11.5 Å². The highest BCUT2D eigenvalue weighted by atomic mass is 16.7. The Morgan fingerprint density at radius 3 is 2.82 bits per heavy atom. The van der Waals surface area contributed by atoms with Gasteiger partial charge in [0, 0.05) is 5.39 Å². The molecule has 0 radical (unpaired) electrons. The van der Waals surface area contributed by atoms with Gasteiger partial charge < -0.3 is 18.6 Å². The first-order chi connectivity index (χ1) is 10.8. The van der Waals surface area contributed by atoms with Gasteiger partial charge in [-0.2, -0.15) is 0 Å². The van der Waals surface area contributed by atoms with Gasteiger partial charge in [0.25, 0.3) is 0 Å². The zero-order valence-electron chi connectivity index (χ0n) is 11.6. The quantitative estimate of drug-likeness (QED) is 0.692. The molecule has 110 valence electrons. The van der Waals surface area contributed by atoms with Gasteiger partial charge in [-0.15, -0.1) is 0 Å².